The van der Waals surface area contributed by atoms with Crippen molar-refractivity contribution in [3.05, 3.63) is 42.0 Å². The second kappa shape index (κ2) is 6.91. The van der Waals surface area contributed by atoms with E-state index in [4.69, 9.17) is 4.52 Å². The number of halogens is 1. The van der Waals surface area contributed by atoms with Crippen molar-refractivity contribution in [1.82, 2.24) is 15.5 Å². The zero-order valence-corrected chi connectivity index (χ0v) is 14.1. The van der Waals surface area contributed by atoms with E-state index in [0.717, 1.165) is 25.2 Å². The molecule has 4 rings (SSSR count). The average molecular weight is 349 g/mol. The number of para-hydroxylation sites is 1. The summed E-state index contributed by atoms with van der Waals surface area (Å²) in [5.41, 5.74) is 1.14. The van der Waals surface area contributed by atoms with Crippen molar-refractivity contribution >= 4 is 24.0 Å². The third-order valence-corrected chi connectivity index (χ3v) is 4.95. The van der Waals surface area contributed by atoms with Gasteiger partial charge in [0.15, 0.2) is 5.82 Å². The van der Waals surface area contributed by atoms with E-state index >= 15 is 0 Å². The first-order valence-electron chi connectivity index (χ1n) is 8.13. The molecular weight excluding hydrogens is 328 g/mol. The quantitative estimate of drug-likeness (QED) is 0.887. The van der Waals surface area contributed by atoms with Gasteiger partial charge in [0.25, 0.3) is 0 Å². The Kier molecular flexibility index (Phi) is 4.87. The van der Waals surface area contributed by atoms with Crippen LogP contribution >= 0.6 is 12.4 Å². The van der Waals surface area contributed by atoms with Crippen LogP contribution in [0.5, 0.6) is 0 Å². The molecule has 2 fully saturated rings. The number of aromatic nitrogens is 2. The van der Waals surface area contributed by atoms with Gasteiger partial charge in [-0.1, -0.05) is 23.4 Å². The number of hydrogen-bond donors (Lipinski definition) is 2. The predicted molar refractivity (Wildman–Crippen MR) is 92.2 cm³/mol. The standard InChI is InChI=1S/C17H20N4O2.ClH/c22-15(19-12-4-2-1-3-5-12)10-14-20-16(23-21-14)13-11-17(13)6-8-18-9-7-17;/h1-5,13,18H,6-11H2,(H,19,22);1H. The number of benzene rings is 1. The molecule has 24 heavy (non-hydrogen) atoms. The Labute approximate surface area is 146 Å². The first-order chi connectivity index (χ1) is 11.3. The van der Waals surface area contributed by atoms with E-state index in [1.165, 1.54) is 12.8 Å². The van der Waals surface area contributed by atoms with Crippen LogP contribution in [0.2, 0.25) is 0 Å². The fraction of sp³-hybridized carbons (Fsp3) is 0.471. The largest absolute Gasteiger partial charge is 0.339 e. The van der Waals surface area contributed by atoms with Gasteiger partial charge in [0.05, 0.1) is 6.42 Å². The second-order valence-corrected chi connectivity index (χ2v) is 6.51. The van der Waals surface area contributed by atoms with Gasteiger partial charge in [-0.25, -0.2) is 0 Å². The minimum atomic E-state index is -0.129. The maximum atomic E-state index is 12.0. The van der Waals surface area contributed by atoms with Crippen LogP contribution in [0.15, 0.2) is 34.9 Å². The number of nitrogens with zero attached hydrogens (tertiary/aromatic N) is 2. The molecule has 7 heteroatoms. The zero-order chi connectivity index (χ0) is 15.7. The molecule has 1 aliphatic carbocycles. The number of rotatable bonds is 4. The molecule has 0 radical (unpaired) electrons. The van der Waals surface area contributed by atoms with E-state index in [9.17, 15) is 4.79 Å². The van der Waals surface area contributed by atoms with E-state index in [0.29, 0.717) is 23.0 Å². The number of carbonyl (C=O) groups excluding carboxylic acids is 1. The van der Waals surface area contributed by atoms with Crippen molar-refractivity contribution in [3.63, 3.8) is 0 Å². The Morgan fingerprint density at radius 2 is 2.04 bits per heavy atom. The van der Waals surface area contributed by atoms with E-state index < -0.39 is 0 Å². The highest BCUT2D eigenvalue weighted by molar-refractivity contribution is 5.91. The molecule has 1 spiro atoms. The molecule has 2 N–H and O–H groups in total. The highest BCUT2D eigenvalue weighted by Crippen LogP contribution is 2.63. The van der Waals surface area contributed by atoms with Crippen molar-refractivity contribution in [2.45, 2.75) is 31.6 Å². The molecular formula is C17H21ClN4O2. The van der Waals surface area contributed by atoms with Gasteiger partial charge in [-0.3, -0.25) is 4.79 Å². The second-order valence-electron chi connectivity index (χ2n) is 6.51. The van der Waals surface area contributed by atoms with Crippen molar-refractivity contribution in [3.8, 4) is 0 Å². The summed E-state index contributed by atoms with van der Waals surface area (Å²) in [6.07, 6.45) is 3.61. The summed E-state index contributed by atoms with van der Waals surface area (Å²) in [7, 11) is 0. The van der Waals surface area contributed by atoms with Crippen LogP contribution in [0.3, 0.4) is 0 Å². The first-order valence-corrected chi connectivity index (χ1v) is 8.13. The predicted octanol–water partition coefficient (Wildman–Crippen LogP) is 2.53. The van der Waals surface area contributed by atoms with Gasteiger partial charge in [-0.15, -0.1) is 12.4 Å². The fourth-order valence-electron chi connectivity index (χ4n) is 3.53. The Morgan fingerprint density at radius 3 is 2.79 bits per heavy atom. The molecule has 1 aliphatic heterocycles. The summed E-state index contributed by atoms with van der Waals surface area (Å²) in [5.74, 6) is 1.41. The molecule has 0 bridgehead atoms. The van der Waals surface area contributed by atoms with Crippen LogP contribution in [0.4, 0.5) is 5.69 Å². The average Bonchev–Trinajstić information content (AvgIpc) is 3.04. The summed E-state index contributed by atoms with van der Waals surface area (Å²) in [6.45, 7) is 2.13. The molecule has 2 aliphatic rings. The number of anilines is 1. The molecule has 1 atom stereocenters. The van der Waals surface area contributed by atoms with Crippen LogP contribution in [-0.2, 0) is 11.2 Å². The van der Waals surface area contributed by atoms with Gasteiger partial charge in [-0.2, -0.15) is 4.98 Å². The maximum absolute atomic E-state index is 12.0. The van der Waals surface area contributed by atoms with Gasteiger partial charge in [-0.05, 0) is 49.9 Å². The van der Waals surface area contributed by atoms with Crippen LogP contribution < -0.4 is 10.6 Å². The smallest absolute Gasteiger partial charge is 0.232 e. The van der Waals surface area contributed by atoms with Gasteiger partial charge in [0.2, 0.25) is 11.8 Å². The Hall–Kier alpha value is -1.92. The molecule has 1 saturated heterocycles. The summed E-state index contributed by atoms with van der Waals surface area (Å²) in [6, 6.07) is 9.38. The number of carbonyl (C=O) groups is 1. The van der Waals surface area contributed by atoms with Crippen molar-refractivity contribution in [2.75, 3.05) is 18.4 Å². The summed E-state index contributed by atoms with van der Waals surface area (Å²) in [5, 5.41) is 10.2. The van der Waals surface area contributed by atoms with Crippen LogP contribution in [0.25, 0.3) is 0 Å². The molecule has 2 aromatic rings. The highest BCUT2D eigenvalue weighted by Gasteiger charge is 2.57. The van der Waals surface area contributed by atoms with Crippen LogP contribution in [0, 0.1) is 5.41 Å². The number of piperidine rings is 1. The molecule has 1 aromatic heterocycles. The maximum Gasteiger partial charge on any atom is 0.232 e. The molecule has 128 valence electrons. The van der Waals surface area contributed by atoms with Gasteiger partial charge in [0.1, 0.15) is 0 Å². The molecule has 6 nitrogen and oxygen atoms in total. The van der Waals surface area contributed by atoms with E-state index in [2.05, 4.69) is 20.8 Å². The highest BCUT2D eigenvalue weighted by atomic mass is 35.5. The third kappa shape index (κ3) is 3.44. The summed E-state index contributed by atoms with van der Waals surface area (Å²) < 4.78 is 5.41. The van der Waals surface area contributed by atoms with Crippen molar-refractivity contribution in [1.29, 1.82) is 0 Å². The Bertz CT molecular complexity index is 698. The SMILES string of the molecule is Cl.O=C(Cc1noc(C2CC23CCNCC3)n1)Nc1ccccc1. The Balaban J connectivity index is 0.00000169. The lowest BCUT2D eigenvalue weighted by Crippen LogP contribution is -2.29. The minimum Gasteiger partial charge on any atom is -0.339 e. The summed E-state index contributed by atoms with van der Waals surface area (Å²) >= 11 is 0. The molecule has 1 amide bonds. The van der Waals surface area contributed by atoms with Crippen LogP contribution in [-0.4, -0.2) is 29.1 Å². The van der Waals surface area contributed by atoms with Crippen molar-refractivity contribution in [2.24, 2.45) is 5.41 Å². The molecule has 1 aromatic carbocycles. The van der Waals surface area contributed by atoms with E-state index in [1.807, 2.05) is 30.3 Å². The number of amides is 1. The lowest BCUT2D eigenvalue weighted by Gasteiger charge is -2.22. The van der Waals surface area contributed by atoms with E-state index in [-0.39, 0.29) is 24.7 Å². The summed E-state index contributed by atoms with van der Waals surface area (Å²) in [4.78, 5) is 16.5. The van der Waals surface area contributed by atoms with Gasteiger partial charge in [0, 0.05) is 11.6 Å². The third-order valence-electron chi connectivity index (χ3n) is 4.95. The van der Waals surface area contributed by atoms with Gasteiger partial charge >= 0.3 is 0 Å². The number of hydrogen-bond acceptors (Lipinski definition) is 5. The lowest BCUT2D eigenvalue weighted by atomic mass is 9.92. The Morgan fingerprint density at radius 1 is 1.29 bits per heavy atom. The number of nitrogens with one attached hydrogen (secondary N) is 2. The fourth-order valence-corrected chi connectivity index (χ4v) is 3.53. The molecule has 1 unspecified atom stereocenters. The van der Waals surface area contributed by atoms with E-state index in [1.54, 1.807) is 0 Å². The van der Waals surface area contributed by atoms with Crippen LogP contribution in [0.1, 0.15) is 36.9 Å². The van der Waals surface area contributed by atoms with Gasteiger partial charge < -0.3 is 15.2 Å². The zero-order valence-electron chi connectivity index (χ0n) is 13.3. The molecule has 2 heterocycles. The monoisotopic (exact) mass is 348 g/mol. The molecule has 1 saturated carbocycles. The topological polar surface area (TPSA) is 80.1 Å². The normalized spacial score (nSPS) is 21.1. The first kappa shape index (κ1) is 16.9. The minimum absolute atomic E-state index is 0. The lowest BCUT2D eigenvalue weighted by molar-refractivity contribution is -0.115. The van der Waals surface area contributed by atoms with Crippen molar-refractivity contribution < 1.29 is 9.32 Å².